The first-order chi connectivity index (χ1) is 22.6. The van der Waals surface area contributed by atoms with Crippen LogP contribution in [0.5, 0.6) is 0 Å². The van der Waals surface area contributed by atoms with Crippen LogP contribution in [-0.2, 0) is 0 Å². The number of hydrogen-bond acceptors (Lipinski definition) is 2. The zero-order chi connectivity index (χ0) is 31.0. The molecule has 8 aromatic carbocycles. The molecule has 46 heavy (non-hydrogen) atoms. The van der Waals surface area contributed by atoms with E-state index in [0.29, 0.717) is 0 Å². The molecular weight excluding hydrogens is 556 g/mol. The van der Waals surface area contributed by atoms with Crippen LogP contribution in [0.4, 0.5) is 11.4 Å². The van der Waals surface area contributed by atoms with Crippen molar-refractivity contribution in [2.45, 2.75) is 13.8 Å². The Morgan fingerprint density at radius 1 is 0.348 bits per heavy atom. The predicted octanol–water partition coefficient (Wildman–Crippen LogP) is 12.2. The zero-order valence-electron chi connectivity index (χ0n) is 25.9. The van der Waals surface area contributed by atoms with E-state index in [1.807, 2.05) is 0 Å². The van der Waals surface area contributed by atoms with Crippen molar-refractivity contribution in [3.8, 4) is 11.1 Å². The predicted molar refractivity (Wildman–Crippen MR) is 199 cm³/mol. The molecule has 0 atom stereocenters. The molecule has 0 aliphatic heterocycles. The molecule has 0 amide bonds. The molecule has 8 rings (SSSR count). The van der Waals surface area contributed by atoms with E-state index in [2.05, 4.69) is 172 Å². The number of nitrogens with zero attached hydrogens (tertiary/aromatic N) is 2. The van der Waals surface area contributed by atoms with Crippen molar-refractivity contribution < 1.29 is 0 Å². The average Bonchev–Trinajstić information content (AvgIpc) is 3.11. The molecule has 2 nitrogen and oxygen atoms in total. The molecule has 0 heterocycles. The maximum atomic E-state index is 5.35. The van der Waals surface area contributed by atoms with Gasteiger partial charge < -0.3 is 0 Å². The summed E-state index contributed by atoms with van der Waals surface area (Å²) in [4.78, 5) is 10.7. The fraction of sp³-hybridized carbons (Fsp3) is 0.0455. The number of hydrogen-bond donors (Lipinski definition) is 0. The number of rotatable bonds is 5. The topological polar surface area (TPSA) is 24.7 Å². The van der Waals surface area contributed by atoms with Crippen LogP contribution in [0.3, 0.4) is 0 Å². The van der Waals surface area contributed by atoms with Gasteiger partial charge in [-0.2, -0.15) is 0 Å². The van der Waals surface area contributed by atoms with Crippen LogP contribution in [0.1, 0.15) is 25.0 Å². The first kappa shape index (κ1) is 27.7. The molecule has 0 fully saturated rings. The second-order valence-electron chi connectivity index (χ2n) is 11.9. The Morgan fingerprint density at radius 3 is 1.13 bits per heavy atom. The van der Waals surface area contributed by atoms with Crippen LogP contribution in [-0.4, -0.2) is 11.4 Å². The van der Waals surface area contributed by atoms with E-state index in [4.69, 9.17) is 9.98 Å². The fourth-order valence-electron chi connectivity index (χ4n) is 6.55. The summed E-state index contributed by atoms with van der Waals surface area (Å²) in [5.74, 6) is 0. The number of aliphatic imine (C=N–C) groups is 2. The van der Waals surface area contributed by atoms with Crippen LogP contribution in [0, 0.1) is 0 Å². The molecule has 0 spiro atoms. The van der Waals surface area contributed by atoms with Crippen LogP contribution in [0.2, 0.25) is 0 Å². The largest absolute Gasteiger partial charge is 0.252 e. The van der Waals surface area contributed by atoms with Gasteiger partial charge in [0.2, 0.25) is 0 Å². The van der Waals surface area contributed by atoms with Gasteiger partial charge in [-0.1, -0.05) is 133 Å². The Labute approximate surface area is 269 Å². The fourth-order valence-corrected chi connectivity index (χ4v) is 6.55. The molecule has 8 aromatic rings. The summed E-state index contributed by atoms with van der Waals surface area (Å²) in [6.07, 6.45) is 0. The molecule has 2 heteroatoms. The van der Waals surface area contributed by atoms with E-state index in [0.717, 1.165) is 55.8 Å². The maximum absolute atomic E-state index is 5.35. The third-order valence-electron chi connectivity index (χ3n) is 8.97. The van der Waals surface area contributed by atoms with Crippen LogP contribution < -0.4 is 0 Å². The van der Waals surface area contributed by atoms with Crippen molar-refractivity contribution in [2.75, 3.05) is 0 Å². The summed E-state index contributed by atoms with van der Waals surface area (Å²) in [7, 11) is 0. The van der Waals surface area contributed by atoms with Gasteiger partial charge >= 0.3 is 0 Å². The average molecular weight is 589 g/mol. The minimum Gasteiger partial charge on any atom is -0.252 e. The molecule has 0 N–H and O–H groups in total. The highest BCUT2D eigenvalue weighted by Crippen LogP contribution is 2.46. The lowest BCUT2D eigenvalue weighted by Crippen LogP contribution is -1.96. The molecule has 0 unspecified atom stereocenters. The van der Waals surface area contributed by atoms with Gasteiger partial charge in [0.1, 0.15) is 0 Å². The van der Waals surface area contributed by atoms with Crippen molar-refractivity contribution in [3.05, 3.63) is 169 Å². The summed E-state index contributed by atoms with van der Waals surface area (Å²) in [6, 6.07) is 56.0. The Morgan fingerprint density at radius 2 is 0.696 bits per heavy atom. The van der Waals surface area contributed by atoms with Gasteiger partial charge in [-0.05, 0) is 92.3 Å². The molecule has 0 saturated heterocycles. The highest BCUT2D eigenvalue weighted by atomic mass is 14.8. The lowest BCUT2D eigenvalue weighted by Gasteiger charge is -2.17. The molecular formula is C44H32N2. The van der Waals surface area contributed by atoms with E-state index in [-0.39, 0.29) is 0 Å². The van der Waals surface area contributed by atoms with Gasteiger partial charge in [-0.15, -0.1) is 0 Å². The Balaban J connectivity index is 1.37. The van der Waals surface area contributed by atoms with Crippen molar-refractivity contribution >= 4 is 65.9 Å². The van der Waals surface area contributed by atoms with E-state index >= 15 is 0 Å². The standard InChI is InChI=1S/C44H32N2/c1-29(35-21-19-31-11-3-5-15-37(31)27-35)45-41-25-23-33-13-7-9-17-39(33)43(41)44-40-18-10-8-14-34(40)24-26-42(44)46-30(2)36-22-20-32-12-4-6-16-38(32)28-36/h3-28H,1-2H3. The zero-order valence-corrected chi connectivity index (χ0v) is 25.9. The van der Waals surface area contributed by atoms with Crippen LogP contribution >= 0.6 is 0 Å². The molecule has 0 aliphatic rings. The summed E-state index contributed by atoms with van der Waals surface area (Å²) in [5.41, 5.74) is 8.23. The summed E-state index contributed by atoms with van der Waals surface area (Å²) in [5, 5.41) is 9.54. The van der Waals surface area contributed by atoms with Crippen molar-refractivity contribution in [3.63, 3.8) is 0 Å². The third-order valence-corrected chi connectivity index (χ3v) is 8.97. The monoisotopic (exact) mass is 588 g/mol. The van der Waals surface area contributed by atoms with Crippen molar-refractivity contribution in [2.24, 2.45) is 9.98 Å². The Hall–Kier alpha value is -5.86. The number of fused-ring (bicyclic) bond motifs is 4. The summed E-state index contributed by atoms with van der Waals surface area (Å²) >= 11 is 0. The first-order valence-corrected chi connectivity index (χ1v) is 15.8. The van der Waals surface area contributed by atoms with Crippen molar-refractivity contribution in [1.29, 1.82) is 0 Å². The summed E-state index contributed by atoms with van der Waals surface area (Å²) < 4.78 is 0. The third kappa shape index (κ3) is 5.04. The first-order valence-electron chi connectivity index (χ1n) is 15.8. The van der Waals surface area contributed by atoms with E-state index in [9.17, 15) is 0 Å². The second kappa shape index (κ2) is 11.6. The van der Waals surface area contributed by atoms with E-state index in [1.165, 1.54) is 32.3 Å². The van der Waals surface area contributed by atoms with Crippen LogP contribution in [0.15, 0.2) is 168 Å². The highest BCUT2D eigenvalue weighted by molar-refractivity contribution is 6.15. The molecule has 0 radical (unpaired) electrons. The lowest BCUT2D eigenvalue weighted by molar-refractivity contribution is 1.47. The number of benzene rings is 8. The van der Waals surface area contributed by atoms with Gasteiger partial charge in [-0.25, -0.2) is 0 Å². The molecule has 0 aliphatic carbocycles. The van der Waals surface area contributed by atoms with Gasteiger partial charge in [0, 0.05) is 22.6 Å². The maximum Gasteiger partial charge on any atom is 0.0718 e. The van der Waals surface area contributed by atoms with E-state index < -0.39 is 0 Å². The normalized spacial score (nSPS) is 12.4. The minimum absolute atomic E-state index is 0.931. The van der Waals surface area contributed by atoms with Crippen molar-refractivity contribution in [1.82, 2.24) is 0 Å². The second-order valence-corrected chi connectivity index (χ2v) is 11.9. The smallest absolute Gasteiger partial charge is 0.0718 e. The minimum atomic E-state index is 0.931. The van der Waals surface area contributed by atoms with Gasteiger partial charge in [0.25, 0.3) is 0 Å². The molecule has 0 saturated carbocycles. The summed E-state index contributed by atoms with van der Waals surface area (Å²) in [6.45, 7) is 4.21. The van der Waals surface area contributed by atoms with Crippen LogP contribution in [0.25, 0.3) is 54.2 Å². The molecule has 0 aromatic heterocycles. The Kier molecular flexibility index (Phi) is 6.96. The molecule has 0 bridgehead atoms. The van der Waals surface area contributed by atoms with Gasteiger partial charge in [-0.3, -0.25) is 9.98 Å². The lowest BCUT2D eigenvalue weighted by atomic mass is 9.91. The molecule has 218 valence electrons. The van der Waals surface area contributed by atoms with Gasteiger partial charge in [0.05, 0.1) is 11.4 Å². The van der Waals surface area contributed by atoms with Gasteiger partial charge in [0.15, 0.2) is 0 Å². The van der Waals surface area contributed by atoms with E-state index in [1.54, 1.807) is 0 Å². The quantitative estimate of drug-likeness (QED) is 0.179. The SMILES string of the molecule is CC(=Nc1ccc2ccccc2c1-c1c(N=C(C)c2ccc3ccccc3c2)ccc2ccccc12)c1ccc2ccccc2c1. The highest BCUT2D eigenvalue weighted by Gasteiger charge is 2.18. The Bertz CT molecular complexity index is 2320.